The normalized spacial score (nSPS) is 17.7. The number of ketones is 1. The highest BCUT2D eigenvalue weighted by Gasteiger charge is 2.38. The second-order valence-electron chi connectivity index (χ2n) is 8.53. The maximum atomic E-state index is 13.0. The lowest BCUT2D eigenvalue weighted by atomic mass is 9.94. The van der Waals surface area contributed by atoms with Crippen molar-refractivity contribution in [3.8, 4) is 0 Å². The minimum atomic E-state index is -0.687. The van der Waals surface area contributed by atoms with E-state index in [9.17, 15) is 19.2 Å². The summed E-state index contributed by atoms with van der Waals surface area (Å²) in [7, 11) is 0. The minimum Gasteiger partial charge on any atom is -0.460 e. The third kappa shape index (κ3) is 5.92. The Bertz CT molecular complexity index is 1270. The van der Waals surface area contributed by atoms with Crippen LogP contribution in [-0.4, -0.2) is 51.0 Å². The summed E-state index contributed by atoms with van der Waals surface area (Å²) >= 11 is 0. The molecule has 182 valence electrons. The highest BCUT2D eigenvalue weighted by atomic mass is 16.6. The number of aromatic nitrogens is 2. The molecule has 1 saturated heterocycles. The van der Waals surface area contributed by atoms with Crippen molar-refractivity contribution in [2.45, 2.75) is 51.5 Å². The quantitative estimate of drug-likeness (QED) is 0.481. The number of esters is 1. The largest absolute Gasteiger partial charge is 0.460 e. The summed E-state index contributed by atoms with van der Waals surface area (Å²) in [5.41, 5.74) is 1.07. The molecule has 0 N–H and O–H groups in total. The van der Waals surface area contributed by atoms with Crippen LogP contribution >= 0.6 is 0 Å². The molecule has 35 heavy (non-hydrogen) atoms. The van der Waals surface area contributed by atoms with Gasteiger partial charge in [-0.25, -0.2) is 9.78 Å². The molecule has 0 saturated carbocycles. The third-order valence-electron chi connectivity index (χ3n) is 5.99. The lowest BCUT2D eigenvalue weighted by Gasteiger charge is -2.39. The molecule has 2 aromatic carbocycles. The number of carbonyl (C=O) groups is 3. The van der Waals surface area contributed by atoms with Gasteiger partial charge in [-0.15, -0.1) is 0 Å². The topological polar surface area (TPSA) is 108 Å². The van der Waals surface area contributed by atoms with Gasteiger partial charge < -0.3 is 14.4 Å². The van der Waals surface area contributed by atoms with Crippen LogP contribution in [0.25, 0.3) is 10.9 Å². The van der Waals surface area contributed by atoms with Crippen molar-refractivity contribution in [2.75, 3.05) is 6.54 Å². The summed E-state index contributed by atoms with van der Waals surface area (Å²) in [6.07, 6.45) is 1.18. The summed E-state index contributed by atoms with van der Waals surface area (Å²) in [5.74, 6) is -0.768. The van der Waals surface area contributed by atoms with Crippen molar-refractivity contribution in [1.82, 2.24) is 14.5 Å². The van der Waals surface area contributed by atoms with Gasteiger partial charge in [-0.05, 0) is 30.5 Å². The number of carbonyl (C=O) groups excluding carboxylic acids is 3. The van der Waals surface area contributed by atoms with Gasteiger partial charge in [0.15, 0.2) is 5.78 Å². The predicted octanol–water partition coefficient (Wildman–Crippen LogP) is 3.09. The number of ether oxygens (including phenoxy) is 2. The van der Waals surface area contributed by atoms with Crippen LogP contribution in [-0.2, 0) is 32.2 Å². The van der Waals surface area contributed by atoms with E-state index in [1.54, 1.807) is 24.3 Å². The van der Waals surface area contributed by atoms with Crippen LogP contribution in [0.3, 0.4) is 0 Å². The first-order valence-corrected chi connectivity index (χ1v) is 11.5. The Morgan fingerprint density at radius 3 is 2.57 bits per heavy atom. The molecule has 0 spiro atoms. The van der Waals surface area contributed by atoms with Gasteiger partial charge in [-0.2, -0.15) is 0 Å². The van der Waals surface area contributed by atoms with Crippen LogP contribution in [0.1, 0.15) is 31.7 Å². The number of Topliss-reactive ketones (excluding diaryl/α,β-unsaturated/α-hetero) is 1. The van der Waals surface area contributed by atoms with Crippen molar-refractivity contribution < 1.29 is 23.9 Å². The summed E-state index contributed by atoms with van der Waals surface area (Å²) in [6, 6.07) is 15.5. The van der Waals surface area contributed by atoms with Gasteiger partial charge in [0.25, 0.3) is 5.56 Å². The molecule has 0 radical (unpaired) electrons. The molecule has 1 aliphatic heterocycles. The Kier molecular flexibility index (Phi) is 7.54. The van der Waals surface area contributed by atoms with Crippen LogP contribution < -0.4 is 5.56 Å². The Morgan fingerprint density at radius 2 is 1.80 bits per heavy atom. The molecule has 1 aromatic heterocycles. The fourth-order valence-corrected chi connectivity index (χ4v) is 4.35. The van der Waals surface area contributed by atoms with Crippen LogP contribution in [0.4, 0.5) is 4.79 Å². The summed E-state index contributed by atoms with van der Waals surface area (Å²) in [6.45, 7) is 1.56. The molecule has 0 aliphatic carbocycles. The molecule has 3 aromatic rings. The van der Waals surface area contributed by atoms with Crippen LogP contribution in [0.5, 0.6) is 0 Å². The van der Waals surface area contributed by atoms with Crippen molar-refractivity contribution in [3.05, 3.63) is 76.8 Å². The lowest BCUT2D eigenvalue weighted by Crippen LogP contribution is -2.53. The first-order valence-electron chi connectivity index (χ1n) is 11.5. The molecular formula is C26H27N3O6. The summed E-state index contributed by atoms with van der Waals surface area (Å²) in [4.78, 5) is 56.2. The van der Waals surface area contributed by atoms with Gasteiger partial charge >= 0.3 is 12.1 Å². The molecule has 4 rings (SSSR count). The molecule has 9 heteroatoms. The first kappa shape index (κ1) is 24.1. The van der Waals surface area contributed by atoms with Crippen molar-refractivity contribution in [3.63, 3.8) is 0 Å². The predicted molar refractivity (Wildman–Crippen MR) is 128 cm³/mol. The molecular weight excluding hydrogens is 450 g/mol. The van der Waals surface area contributed by atoms with E-state index in [0.29, 0.717) is 30.3 Å². The minimum absolute atomic E-state index is 0.0857. The van der Waals surface area contributed by atoms with Crippen molar-refractivity contribution >= 4 is 28.7 Å². The standard InChI is InChI=1S/C26H27N3O6/c1-18(30)35-24-12-7-13-29(26(33)34-16-19-8-3-2-4-9-19)23(24)14-20(31)15-28-17-27-22-11-6-5-10-21(22)25(28)32/h2-6,8-11,17,23-24H,7,12-16H2,1H3/t23-,24+/m1/s1. The Morgan fingerprint density at radius 1 is 1.06 bits per heavy atom. The van der Waals surface area contributed by atoms with E-state index < -0.39 is 24.2 Å². The van der Waals surface area contributed by atoms with E-state index in [1.807, 2.05) is 30.3 Å². The molecule has 9 nitrogen and oxygen atoms in total. The van der Waals surface area contributed by atoms with Gasteiger partial charge in [0.1, 0.15) is 12.7 Å². The average Bonchev–Trinajstić information content (AvgIpc) is 2.86. The summed E-state index contributed by atoms with van der Waals surface area (Å²) < 4.78 is 12.2. The zero-order valence-electron chi connectivity index (χ0n) is 19.5. The molecule has 1 amide bonds. The fourth-order valence-electron chi connectivity index (χ4n) is 4.35. The number of amides is 1. The molecule has 1 fully saturated rings. The number of fused-ring (bicyclic) bond motifs is 1. The Hall–Kier alpha value is -4.01. The van der Waals surface area contributed by atoms with Gasteiger partial charge in [-0.3, -0.25) is 19.0 Å². The van der Waals surface area contributed by atoms with Crippen LogP contribution in [0.15, 0.2) is 65.7 Å². The van der Waals surface area contributed by atoms with E-state index in [4.69, 9.17) is 9.47 Å². The number of nitrogens with zero attached hydrogens (tertiary/aromatic N) is 3. The third-order valence-corrected chi connectivity index (χ3v) is 5.99. The number of benzene rings is 2. The number of hydrogen-bond acceptors (Lipinski definition) is 7. The van der Waals surface area contributed by atoms with E-state index in [0.717, 1.165) is 5.56 Å². The Balaban J connectivity index is 1.49. The smallest absolute Gasteiger partial charge is 0.410 e. The number of para-hydroxylation sites is 1. The van der Waals surface area contributed by atoms with Gasteiger partial charge in [0.2, 0.25) is 0 Å². The average molecular weight is 478 g/mol. The van der Waals surface area contributed by atoms with Gasteiger partial charge in [0.05, 0.1) is 29.8 Å². The van der Waals surface area contributed by atoms with E-state index in [2.05, 4.69) is 4.98 Å². The number of piperidine rings is 1. The monoisotopic (exact) mass is 477 g/mol. The molecule has 2 atom stereocenters. The van der Waals surface area contributed by atoms with Crippen LogP contribution in [0.2, 0.25) is 0 Å². The van der Waals surface area contributed by atoms with Gasteiger partial charge in [-0.1, -0.05) is 42.5 Å². The molecule has 0 bridgehead atoms. The highest BCUT2D eigenvalue weighted by Crippen LogP contribution is 2.25. The molecule has 1 aliphatic rings. The lowest BCUT2D eigenvalue weighted by molar-refractivity contribution is -0.153. The van der Waals surface area contributed by atoms with Crippen LogP contribution in [0, 0.1) is 0 Å². The maximum absolute atomic E-state index is 13.0. The zero-order valence-corrected chi connectivity index (χ0v) is 19.5. The van der Waals surface area contributed by atoms with Gasteiger partial charge in [0, 0.05) is 19.9 Å². The van der Waals surface area contributed by atoms with Crippen molar-refractivity contribution in [1.29, 1.82) is 0 Å². The summed E-state index contributed by atoms with van der Waals surface area (Å²) in [5, 5.41) is 0.421. The highest BCUT2D eigenvalue weighted by molar-refractivity contribution is 5.81. The van der Waals surface area contributed by atoms with E-state index >= 15 is 0 Å². The van der Waals surface area contributed by atoms with Crippen molar-refractivity contribution in [2.24, 2.45) is 0 Å². The number of hydrogen-bond donors (Lipinski definition) is 0. The number of rotatable bonds is 7. The molecule has 0 unspecified atom stereocenters. The zero-order chi connectivity index (χ0) is 24.8. The SMILES string of the molecule is CC(=O)O[C@H]1CCCN(C(=O)OCc2ccccc2)[C@@H]1CC(=O)Cn1cnc2ccccc2c1=O. The van der Waals surface area contributed by atoms with E-state index in [-0.39, 0.29) is 30.9 Å². The van der Waals surface area contributed by atoms with E-state index in [1.165, 1.54) is 22.7 Å². The second kappa shape index (κ2) is 10.9. The maximum Gasteiger partial charge on any atom is 0.410 e. The Labute approximate surface area is 202 Å². The fraction of sp³-hybridized carbons (Fsp3) is 0.346. The number of likely N-dealkylation sites (tertiary alicyclic amines) is 1. The second-order valence-corrected chi connectivity index (χ2v) is 8.53. The first-order chi connectivity index (χ1) is 16.9. The molecule has 2 heterocycles.